The van der Waals surface area contributed by atoms with Gasteiger partial charge in [0.25, 0.3) is 0 Å². The van der Waals surface area contributed by atoms with E-state index in [-0.39, 0.29) is 5.92 Å². The summed E-state index contributed by atoms with van der Waals surface area (Å²) in [6, 6.07) is 0. The summed E-state index contributed by atoms with van der Waals surface area (Å²) >= 11 is 0. The zero-order valence-corrected chi connectivity index (χ0v) is 5.06. The monoisotopic (exact) mass is 118 g/mol. The Balaban J connectivity index is 2.30. The van der Waals surface area contributed by atoms with Crippen LogP contribution in [0.2, 0.25) is 0 Å². The maximum absolute atomic E-state index is 12.5. The van der Waals surface area contributed by atoms with E-state index in [9.17, 15) is 4.39 Å². The van der Waals surface area contributed by atoms with Gasteiger partial charge >= 0.3 is 0 Å². The molecular formula is C6H11FO. The molecule has 1 aliphatic rings. The highest BCUT2D eigenvalue weighted by Gasteiger charge is 2.25. The summed E-state index contributed by atoms with van der Waals surface area (Å²) in [5.41, 5.74) is 0. The molecule has 8 heavy (non-hydrogen) atoms. The highest BCUT2D eigenvalue weighted by Crippen LogP contribution is 2.19. The van der Waals surface area contributed by atoms with E-state index < -0.39 is 6.17 Å². The fraction of sp³-hybridized carbons (Fsp3) is 1.00. The van der Waals surface area contributed by atoms with Gasteiger partial charge in [0, 0.05) is 5.92 Å². The molecule has 0 aromatic heterocycles. The van der Waals surface area contributed by atoms with Crippen molar-refractivity contribution in [2.24, 2.45) is 5.92 Å². The van der Waals surface area contributed by atoms with E-state index in [0.717, 1.165) is 6.42 Å². The van der Waals surface area contributed by atoms with Gasteiger partial charge in [0.15, 0.2) is 0 Å². The van der Waals surface area contributed by atoms with Gasteiger partial charge in [-0.1, -0.05) is 6.92 Å². The molecule has 0 saturated carbocycles. The highest BCUT2D eigenvalue weighted by molar-refractivity contribution is 4.72. The van der Waals surface area contributed by atoms with Crippen molar-refractivity contribution in [1.29, 1.82) is 0 Å². The zero-order chi connectivity index (χ0) is 5.98. The third-order valence-corrected chi connectivity index (χ3v) is 1.64. The van der Waals surface area contributed by atoms with Crippen LogP contribution in [0.15, 0.2) is 0 Å². The molecule has 0 radical (unpaired) electrons. The second kappa shape index (κ2) is 2.44. The average Bonchev–Trinajstić information content (AvgIpc) is 2.14. The lowest BCUT2D eigenvalue weighted by molar-refractivity contribution is 0.172. The Morgan fingerprint density at radius 1 is 1.62 bits per heavy atom. The van der Waals surface area contributed by atoms with Gasteiger partial charge in [0.2, 0.25) is 0 Å². The van der Waals surface area contributed by atoms with Crippen molar-refractivity contribution in [2.75, 3.05) is 13.2 Å². The van der Waals surface area contributed by atoms with Gasteiger partial charge in [-0.15, -0.1) is 0 Å². The van der Waals surface area contributed by atoms with Crippen molar-refractivity contribution >= 4 is 0 Å². The quantitative estimate of drug-likeness (QED) is 0.505. The molecule has 2 heteroatoms. The van der Waals surface area contributed by atoms with Crippen LogP contribution >= 0.6 is 0 Å². The minimum atomic E-state index is -0.694. The van der Waals surface area contributed by atoms with Crippen molar-refractivity contribution in [3.63, 3.8) is 0 Å². The van der Waals surface area contributed by atoms with Crippen LogP contribution in [0.3, 0.4) is 0 Å². The van der Waals surface area contributed by atoms with Gasteiger partial charge in [-0.05, 0) is 6.42 Å². The summed E-state index contributed by atoms with van der Waals surface area (Å²) < 4.78 is 17.3. The Morgan fingerprint density at radius 2 is 2.38 bits per heavy atom. The molecular weight excluding hydrogens is 107 g/mol. The lowest BCUT2D eigenvalue weighted by Crippen LogP contribution is -2.10. The second-order valence-corrected chi connectivity index (χ2v) is 2.22. The first-order chi connectivity index (χ1) is 3.84. The maximum Gasteiger partial charge on any atom is 0.128 e. The predicted molar refractivity (Wildman–Crippen MR) is 29.5 cm³/mol. The first kappa shape index (κ1) is 6.02. The molecule has 1 aliphatic heterocycles. The smallest absolute Gasteiger partial charge is 0.128 e. The van der Waals surface area contributed by atoms with Crippen LogP contribution in [-0.4, -0.2) is 19.4 Å². The third-order valence-electron chi connectivity index (χ3n) is 1.64. The highest BCUT2D eigenvalue weighted by atomic mass is 19.1. The SMILES string of the molecule is CCC1COC[C@@H]1F. The Hall–Kier alpha value is -0.110. The standard InChI is InChI=1S/C6H11FO/c1-2-5-3-8-4-6(5)7/h5-6H,2-4H2,1H3/t5?,6-/m0/s1. The number of halogens is 1. The molecule has 2 atom stereocenters. The molecule has 0 aromatic carbocycles. The van der Waals surface area contributed by atoms with Gasteiger partial charge < -0.3 is 4.74 Å². The zero-order valence-electron chi connectivity index (χ0n) is 5.06. The predicted octanol–water partition coefficient (Wildman–Crippen LogP) is 1.38. The van der Waals surface area contributed by atoms with Gasteiger partial charge in [-0.25, -0.2) is 4.39 Å². The summed E-state index contributed by atoms with van der Waals surface area (Å²) in [5, 5.41) is 0. The van der Waals surface area contributed by atoms with E-state index in [4.69, 9.17) is 4.74 Å². The van der Waals surface area contributed by atoms with Crippen LogP contribution in [0, 0.1) is 5.92 Å². The van der Waals surface area contributed by atoms with E-state index in [0.29, 0.717) is 13.2 Å². The van der Waals surface area contributed by atoms with Crippen LogP contribution in [-0.2, 0) is 4.74 Å². The Kier molecular flexibility index (Phi) is 1.84. The molecule has 0 aromatic rings. The lowest BCUT2D eigenvalue weighted by Gasteiger charge is -2.03. The largest absolute Gasteiger partial charge is 0.378 e. The molecule has 0 aliphatic carbocycles. The average molecular weight is 118 g/mol. The van der Waals surface area contributed by atoms with Crippen molar-refractivity contribution in [1.82, 2.24) is 0 Å². The molecule has 0 spiro atoms. The van der Waals surface area contributed by atoms with E-state index in [1.54, 1.807) is 0 Å². The van der Waals surface area contributed by atoms with E-state index in [1.165, 1.54) is 0 Å². The van der Waals surface area contributed by atoms with Crippen LogP contribution in [0.25, 0.3) is 0 Å². The van der Waals surface area contributed by atoms with Gasteiger partial charge in [-0.2, -0.15) is 0 Å². The summed E-state index contributed by atoms with van der Waals surface area (Å²) in [4.78, 5) is 0. The molecule has 1 rings (SSSR count). The number of hydrogen-bond donors (Lipinski definition) is 0. The molecule has 1 heterocycles. The molecule has 0 amide bonds. The van der Waals surface area contributed by atoms with Gasteiger partial charge in [0.05, 0.1) is 13.2 Å². The molecule has 1 unspecified atom stereocenters. The van der Waals surface area contributed by atoms with Crippen LogP contribution in [0.1, 0.15) is 13.3 Å². The number of ether oxygens (including phenoxy) is 1. The molecule has 0 bridgehead atoms. The Labute approximate surface area is 48.8 Å². The summed E-state index contributed by atoms with van der Waals surface area (Å²) in [5.74, 6) is 0.176. The molecule has 0 N–H and O–H groups in total. The Bertz CT molecular complexity index is 74.9. The van der Waals surface area contributed by atoms with E-state index >= 15 is 0 Å². The first-order valence-electron chi connectivity index (χ1n) is 3.06. The van der Waals surface area contributed by atoms with Crippen LogP contribution in [0.4, 0.5) is 4.39 Å². The lowest BCUT2D eigenvalue weighted by atomic mass is 10.1. The van der Waals surface area contributed by atoms with E-state index in [2.05, 4.69) is 0 Å². The summed E-state index contributed by atoms with van der Waals surface area (Å²) in [6.45, 7) is 2.93. The normalized spacial score (nSPS) is 38.2. The molecule has 48 valence electrons. The number of hydrogen-bond acceptors (Lipinski definition) is 1. The topological polar surface area (TPSA) is 9.23 Å². The van der Waals surface area contributed by atoms with Gasteiger partial charge in [0.1, 0.15) is 6.17 Å². The minimum Gasteiger partial charge on any atom is -0.378 e. The van der Waals surface area contributed by atoms with Crippen LogP contribution in [0.5, 0.6) is 0 Å². The minimum absolute atomic E-state index is 0.176. The van der Waals surface area contributed by atoms with Crippen molar-refractivity contribution < 1.29 is 9.13 Å². The fourth-order valence-electron chi connectivity index (χ4n) is 0.946. The molecule has 1 fully saturated rings. The summed E-state index contributed by atoms with van der Waals surface area (Å²) in [6.07, 6.45) is 0.209. The summed E-state index contributed by atoms with van der Waals surface area (Å²) in [7, 11) is 0. The molecule has 1 saturated heterocycles. The van der Waals surface area contributed by atoms with E-state index in [1.807, 2.05) is 6.92 Å². The first-order valence-corrected chi connectivity index (χ1v) is 3.06. The van der Waals surface area contributed by atoms with Crippen molar-refractivity contribution in [2.45, 2.75) is 19.5 Å². The third kappa shape index (κ3) is 0.996. The van der Waals surface area contributed by atoms with Crippen molar-refractivity contribution in [3.8, 4) is 0 Å². The maximum atomic E-state index is 12.5. The Morgan fingerprint density at radius 3 is 2.62 bits per heavy atom. The molecule has 1 nitrogen and oxygen atoms in total. The second-order valence-electron chi connectivity index (χ2n) is 2.22. The number of rotatable bonds is 1. The number of alkyl halides is 1. The van der Waals surface area contributed by atoms with Crippen LogP contribution < -0.4 is 0 Å². The van der Waals surface area contributed by atoms with Crippen molar-refractivity contribution in [3.05, 3.63) is 0 Å². The fourth-order valence-corrected chi connectivity index (χ4v) is 0.946. The van der Waals surface area contributed by atoms with Gasteiger partial charge in [-0.3, -0.25) is 0 Å².